The quantitative estimate of drug-likeness (QED) is 0.762. The molecule has 2 heteroatoms. The third kappa shape index (κ3) is 1.51. The van der Waals surface area contributed by atoms with Crippen molar-refractivity contribution in [2.24, 2.45) is 0 Å². The van der Waals surface area contributed by atoms with E-state index in [0.29, 0.717) is 6.04 Å². The Bertz CT molecular complexity index is 467. The Labute approximate surface area is 89.3 Å². The van der Waals surface area contributed by atoms with Crippen LogP contribution >= 0.6 is 0 Å². The maximum absolute atomic E-state index is 4.39. The van der Waals surface area contributed by atoms with E-state index in [1.165, 1.54) is 23.8 Å². The van der Waals surface area contributed by atoms with E-state index in [9.17, 15) is 0 Å². The highest BCUT2D eigenvalue weighted by Crippen LogP contribution is 2.28. The molecule has 1 aliphatic heterocycles. The van der Waals surface area contributed by atoms with Crippen molar-refractivity contribution in [1.29, 1.82) is 0 Å². The van der Waals surface area contributed by atoms with Gasteiger partial charge in [0, 0.05) is 17.6 Å². The van der Waals surface area contributed by atoms with Crippen LogP contribution in [0, 0.1) is 0 Å². The number of para-hydroxylation sites is 1. The van der Waals surface area contributed by atoms with Crippen LogP contribution in [0.5, 0.6) is 0 Å². The Morgan fingerprint density at radius 1 is 1.20 bits per heavy atom. The molecule has 1 unspecified atom stereocenters. The van der Waals surface area contributed by atoms with Gasteiger partial charge >= 0.3 is 0 Å². The molecule has 1 saturated heterocycles. The SMILES string of the molecule is c1ccc2c(C3CCCN3)ccnc2c1. The molecule has 0 amide bonds. The van der Waals surface area contributed by atoms with Gasteiger partial charge in [-0.2, -0.15) is 0 Å². The molecule has 2 aromatic rings. The average molecular weight is 198 g/mol. The molecule has 3 rings (SSSR count). The van der Waals surface area contributed by atoms with Gasteiger partial charge in [-0.05, 0) is 37.1 Å². The van der Waals surface area contributed by atoms with Gasteiger partial charge in [0.05, 0.1) is 5.52 Å². The lowest BCUT2D eigenvalue weighted by atomic mass is 10.0. The highest BCUT2D eigenvalue weighted by atomic mass is 14.9. The standard InChI is InChI=1S/C13H14N2/c1-2-5-12-10(4-1)11(7-9-15-12)13-6-3-8-14-13/h1-2,4-5,7,9,13-14H,3,6,8H2. The first-order chi connectivity index (χ1) is 7.45. The third-order valence-electron chi connectivity index (χ3n) is 3.12. The number of nitrogens with zero attached hydrogens (tertiary/aromatic N) is 1. The summed E-state index contributed by atoms with van der Waals surface area (Å²) in [6.45, 7) is 1.14. The fourth-order valence-corrected chi connectivity index (χ4v) is 2.37. The minimum atomic E-state index is 0.526. The summed E-state index contributed by atoms with van der Waals surface area (Å²) < 4.78 is 0. The van der Waals surface area contributed by atoms with Crippen molar-refractivity contribution in [3.63, 3.8) is 0 Å². The van der Waals surface area contributed by atoms with Gasteiger partial charge in [0.25, 0.3) is 0 Å². The smallest absolute Gasteiger partial charge is 0.0705 e. The van der Waals surface area contributed by atoms with Crippen molar-refractivity contribution in [2.75, 3.05) is 6.54 Å². The molecular formula is C13H14N2. The van der Waals surface area contributed by atoms with Crippen LogP contribution < -0.4 is 5.32 Å². The molecule has 1 aromatic heterocycles. The van der Waals surface area contributed by atoms with E-state index in [-0.39, 0.29) is 0 Å². The van der Waals surface area contributed by atoms with Crippen LogP contribution in [0.3, 0.4) is 0 Å². The number of hydrogen-bond donors (Lipinski definition) is 1. The van der Waals surface area contributed by atoms with Crippen molar-refractivity contribution in [1.82, 2.24) is 10.3 Å². The fraction of sp³-hybridized carbons (Fsp3) is 0.308. The highest BCUT2D eigenvalue weighted by Gasteiger charge is 2.17. The molecule has 1 aromatic carbocycles. The zero-order valence-electron chi connectivity index (χ0n) is 8.61. The Kier molecular flexibility index (Phi) is 2.14. The number of pyridine rings is 1. The molecule has 1 aliphatic rings. The number of benzene rings is 1. The summed E-state index contributed by atoms with van der Waals surface area (Å²) in [6.07, 6.45) is 4.44. The highest BCUT2D eigenvalue weighted by molar-refractivity contribution is 5.82. The molecule has 0 radical (unpaired) electrons. The Balaban J connectivity index is 2.16. The second kappa shape index (κ2) is 3.63. The van der Waals surface area contributed by atoms with E-state index < -0.39 is 0 Å². The van der Waals surface area contributed by atoms with Crippen LogP contribution in [-0.4, -0.2) is 11.5 Å². The molecule has 1 fully saturated rings. The third-order valence-corrected chi connectivity index (χ3v) is 3.12. The Hall–Kier alpha value is -1.41. The van der Waals surface area contributed by atoms with E-state index in [4.69, 9.17) is 0 Å². The lowest BCUT2D eigenvalue weighted by Crippen LogP contribution is -2.13. The molecule has 0 saturated carbocycles. The summed E-state index contributed by atoms with van der Waals surface area (Å²) >= 11 is 0. The van der Waals surface area contributed by atoms with E-state index in [1.807, 2.05) is 12.3 Å². The zero-order chi connectivity index (χ0) is 10.1. The zero-order valence-corrected chi connectivity index (χ0v) is 8.61. The molecule has 1 N–H and O–H groups in total. The fourth-order valence-electron chi connectivity index (χ4n) is 2.37. The molecule has 15 heavy (non-hydrogen) atoms. The van der Waals surface area contributed by atoms with E-state index in [1.54, 1.807) is 0 Å². The topological polar surface area (TPSA) is 24.9 Å². The summed E-state index contributed by atoms with van der Waals surface area (Å²) in [6, 6.07) is 11.0. The predicted molar refractivity (Wildman–Crippen MR) is 61.7 cm³/mol. The van der Waals surface area contributed by atoms with Gasteiger partial charge in [-0.15, -0.1) is 0 Å². The van der Waals surface area contributed by atoms with Crippen LogP contribution in [0.15, 0.2) is 36.5 Å². The summed E-state index contributed by atoms with van der Waals surface area (Å²) in [5, 5.41) is 4.83. The van der Waals surface area contributed by atoms with Crippen LogP contribution in [-0.2, 0) is 0 Å². The first-order valence-electron chi connectivity index (χ1n) is 5.52. The van der Waals surface area contributed by atoms with Crippen LogP contribution in [0.2, 0.25) is 0 Å². The maximum Gasteiger partial charge on any atom is 0.0705 e. The molecular weight excluding hydrogens is 184 g/mol. The lowest BCUT2D eigenvalue weighted by Gasteiger charge is -2.12. The molecule has 2 nitrogen and oxygen atoms in total. The first kappa shape index (κ1) is 8.86. The minimum Gasteiger partial charge on any atom is -0.310 e. The predicted octanol–water partition coefficient (Wildman–Crippen LogP) is 2.66. The number of aromatic nitrogens is 1. The van der Waals surface area contributed by atoms with E-state index in [0.717, 1.165) is 12.1 Å². The molecule has 1 atom stereocenters. The number of nitrogens with one attached hydrogen (secondary N) is 1. The second-order valence-corrected chi connectivity index (χ2v) is 4.07. The molecule has 2 heterocycles. The van der Waals surface area contributed by atoms with Crippen LogP contribution in [0.1, 0.15) is 24.4 Å². The van der Waals surface area contributed by atoms with E-state index in [2.05, 4.69) is 34.6 Å². The summed E-state index contributed by atoms with van der Waals surface area (Å²) in [5.41, 5.74) is 2.50. The molecule has 0 spiro atoms. The minimum absolute atomic E-state index is 0.526. The summed E-state index contributed by atoms with van der Waals surface area (Å²) in [7, 11) is 0. The van der Waals surface area contributed by atoms with Crippen LogP contribution in [0.25, 0.3) is 10.9 Å². The number of fused-ring (bicyclic) bond motifs is 1. The number of rotatable bonds is 1. The van der Waals surface area contributed by atoms with Gasteiger partial charge < -0.3 is 5.32 Å². The van der Waals surface area contributed by atoms with Crippen molar-refractivity contribution in [2.45, 2.75) is 18.9 Å². The normalized spacial score (nSPS) is 20.9. The molecule has 0 aliphatic carbocycles. The molecule has 0 bridgehead atoms. The largest absolute Gasteiger partial charge is 0.310 e. The van der Waals surface area contributed by atoms with Gasteiger partial charge in [0.1, 0.15) is 0 Å². The summed E-state index contributed by atoms with van der Waals surface area (Å²) in [4.78, 5) is 4.39. The monoisotopic (exact) mass is 198 g/mol. The van der Waals surface area contributed by atoms with E-state index >= 15 is 0 Å². The maximum atomic E-state index is 4.39. The van der Waals surface area contributed by atoms with Crippen molar-refractivity contribution in [3.8, 4) is 0 Å². The first-order valence-corrected chi connectivity index (χ1v) is 5.52. The Morgan fingerprint density at radius 3 is 3.00 bits per heavy atom. The van der Waals surface area contributed by atoms with Gasteiger partial charge in [-0.1, -0.05) is 18.2 Å². The van der Waals surface area contributed by atoms with Gasteiger partial charge in [-0.3, -0.25) is 4.98 Å². The number of hydrogen-bond acceptors (Lipinski definition) is 2. The van der Waals surface area contributed by atoms with Crippen LogP contribution in [0.4, 0.5) is 0 Å². The lowest BCUT2D eigenvalue weighted by molar-refractivity contribution is 0.652. The van der Waals surface area contributed by atoms with Crippen molar-refractivity contribution < 1.29 is 0 Å². The molecule has 76 valence electrons. The van der Waals surface area contributed by atoms with Gasteiger partial charge in [0.15, 0.2) is 0 Å². The van der Waals surface area contributed by atoms with Crippen molar-refractivity contribution in [3.05, 3.63) is 42.1 Å². The van der Waals surface area contributed by atoms with Crippen molar-refractivity contribution >= 4 is 10.9 Å². The summed E-state index contributed by atoms with van der Waals surface area (Å²) in [5.74, 6) is 0. The Morgan fingerprint density at radius 2 is 2.13 bits per heavy atom. The van der Waals surface area contributed by atoms with Gasteiger partial charge in [-0.25, -0.2) is 0 Å². The van der Waals surface area contributed by atoms with Gasteiger partial charge in [0.2, 0.25) is 0 Å². The second-order valence-electron chi connectivity index (χ2n) is 4.07. The average Bonchev–Trinajstić information content (AvgIpc) is 2.82.